The lowest BCUT2D eigenvalue weighted by Crippen LogP contribution is -2.39. The van der Waals surface area contributed by atoms with Crippen LogP contribution in [0.4, 0.5) is 10.5 Å². The van der Waals surface area contributed by atoms with Crippen molar-refractivity contribution >= 4 is 28.1 Å². The maximum atomic E-state index is 12.4. The van der Waals surface area contributed by atoms with E-state index in [1.54, 1.807) is 4.90 Å². The highest BCUT2D eigenvalue weighted by Crippen LogP contribution is 2.34. The predicted molar refractivity (Wildman–Crippen MR) is 122 cm³/mol. The van der Waals surface area contributed by atoms with Gasteiger partial charge in [-0.15, -0.1) is 0 Å². The minimum Gasteiger partial charge on any atom is -0.444 e. The summed E-state index contributed by atoms with van der Waals surface area (Å²) in [6, 6.07) is 13.5. The molecular formula is C25H32N2O3. The number of amides is 1. The zero-order chi connectivity index (χ0) is 21.1. The molecule has 1 fully saturated rings. The Bertz CT molecular complexity index is 939. The normalized spacial score (nSPS) is 18.2. The van der Waals surface area contributed by atoms with Gasteiger partial charge in [0.2, 0.25) is 0 Å². The maximum absolute atomic E-state index is 12.4. The van der Waals surface area contributed by atoms with Crippen molar-refractivity contribution in [1.82, 2.24) is 4.90 Å². The summed E-state index contributed by atoms with van der Waals surface area (Å²) < 4.78 is 11.0. The molecule has 0 aliphatic carbocycles. The van der Waals surface area contributed by atoms with Crippen molar-refractivity contribution in [1.29, 1.82) is 0 Å². The average molecular weight is 409 g/mol. The number of anilines is 1. The summed E-state index contributed by atoms with van der Waals surface area (Å²) >= 11 is 0. The fraction of sp³-hybridized carbons (Fsp3) is 0.480. The van der Waals surface area contributed by atoms with Gasteiger partial charge in [-0.25, -0.2) is 4.79 Å². The first kappa shape index (κ1) is 20.7. The lowest BCUT2D eigenvalue weighted by Gasteiger charge is -2.30. The molecule has 0 unspecified atom stereocenters. The molecule has 4 rings (SSSR count). The second kappa shape index (κ2) is 8.68. The molecule has 2 heterocycles. The quantitative estimate of drug-likeness (QED) is 0.733. The number of fused-ring (bicyclic) bond motifs is 1. The van der Waals surface area contributed by atoms with Gasteiger partial charge in [-0.05, 0) is 62.6 Å². The molecule has 2 aromatic rings. The zero-order valence-corrected chi connectivity index (χ0v) is 18.2. The third-order valence-corrected chi connectivity index (χ3v) is 5.71. The van der Waals surface area contributed by atoms with E-state index in [0.29, 0.717) is 19.1 Å². The molecule has 160 valence electrons. The minimum absolute atomic E-state index is 0.237. The molecule has 2 aromatic carbocycles. The predicted octanol–water partition coefficient (Wildman–Crippen LogP) is 5.45. The van der Waals surface area contributed by atoms with Gasteiger partial charge < -0.3 is 19.7 Å². The molecule has 0 radical (unpaired) electrons. The third kappa shape index (κ3) is 4.78. The van der Waals surface area contributed by atoms with Crippen LogP contribution in [0.25, 0.3) is 16.3 Å². The Hall–Kier alpha value is -2.53. The van der Waals surface area contributed by atoms with Gasteiger partial charge in [0.15, 0.2) is 0 Å². The average Bonchev–Trinajstić information content (AvgIpc) is 2.74. The second-order valence-electron chi connectivity index (χ2n) is 9.14. The van der Waals surface area contributed by atoms with E-state index >= 15 is 0 Å². The lowest BCUT2D eigenvalue weighted by atomic mass is 9.93. The van der Waals surface area contributed by atoms with Crippen molar-refractivity contribution in [3.8, 4) is 0 Å². The van der Waals surface area contributed by atoms with Crippen molar-refractivity contribution in [3.05, 3.63) is 48.0 Å². The van der Waals surface area contributed by atoms with Gasteiger partial charge in [0, 0.05) is 43.4 Å². The van der Waals surface area contributed by atoms with E-state index in [9.17, 15) is 4.79 Å². The van der Waals surface area contributed by atoms with Crippen LogP contribution in [0.5, 0.6) is 0 Å². The molecule has 0 spiro atoms. The topological polar surface area (TPSA) is 50.8 Å². The summed E-state index contributed by atoms with van der Waals surface area (Å²) in [6.07, 6.45) is 4.85. The Morgan fingerprint density at radius 3 is 2.50 bits per heavy atom. The van der Waals surface area contributed by atoms with E-state index < -0.39 is 5.60 Å². The lowest BCUT2D eigenvalue weighted by molar-refractivity contribution is 0.0270. The van der Waals surface area contributed by atoms with Crippen LogP contribution in [0.15, 0.2) is 42.5 Å². The first-order chi connectivity index (χ1) is 14.4. The van der Waals surface area contributed by atoms with E-state index in [1.807, 2.05) is 20.8 Å². The molecule has 1 saturated heterocycles. The summed E-state index contributed by atoms with van der Waals surface area (Å²) in [5.74, 6) is 0. The Balaban J connectivity index is 1.55. The number of hydrogen-bond donors (Lipinski definition) is 1. The van der Waals surface area contributed by atoms with Gasteiger partial charge in [-0.2, -0.15) is 0 Å². The number of nitrogens with zero attached hydrogens (tertiary/aromatic N) is 1. The van der Waals surface area contributed by atoms with Crippen molar-refractivity contribution in [3.63, 3.8) is 0 Å². The number of nitrogens with one attached hydrogen (secondary N) is 1. The van der Waals surface area contributed by atoms with Crippen LogP contribution in [0.1, 0.15) is 45.6 Å². The monoisotopic (exact) mass is 408 g/mol. The molecule has 2 aliphatic rings. The molecule has 30 heavy (non-hydrogen) atoms. The number of hydrogen-bond acceptors (Lipinski definition) is 4. The standard InChI is InChI=1S/C25H32N2O3/c1-25(2,3)30-24(28)27-14-10-18(11-15-27)20-8-9-23(22-7-5-4-6-21(20)22)26-19-12-16-29-17-13-19/h4-10,19,26H,11-17H2,1-3H3. The smallest absolute Gasteiger partial charge is 0.410 e. The SMILES string of the molecule is CC(C)(C)OC(=O)N1CC=C(c2ccc(NC3CCOCC3)c3ccccc23)CC1. The van der Waals surface area contributed by atoms with Crippen LogP contribution < -0.4 is 5.32 Å². The molecule has 0 saturated carbocycles. The van der Waals surface area contributed by atoms with Gasteiger partial charge >= 0.3 is 6.09 Å². The zero-order valence-electron chi connectivity index (χ0n) is 18.2. The minimum atomic E-state index is -0.468. The van der Waals surface area contributed by atoms with Crippen molar-refractivity contribution in [2.24, 2.45) is 0 Å². The fourth-order valence-electron chi connectivity index (χ4n) is 4.17. The molecular weight excluding hydrogens is 376 g/mol. The van der Waals surface area contributed by atoms with Gasteiger partial charge in [0.05, 0.1) is 0 Å². The van der Waals surface area contributed by atoms with Gasteiger partial charge in [0.25, 0.3) is 0 Å². The first-order valence-electron chi connectivity index (χ1n) is 10.9. The molecule has 1 N–H and O–H groups in total. The summed E-state index contributed by atoms with van der Waals surface area (Å²) in [5.41, 5.74) is 3.27. The number of carbonyl (C=O) groups is 1. The van der Waals surface area contributed by atoms with Crippen molar-refractivity contribution < 1.29 is 14.3 Å². The van der Waals surface area contributed by atoms with E-state index in [4.69, 9.17) is 9.47 Å². The first-order valence-corrected chi connectivity index (χ1v) is 10.9. The molecule has 1 amide bonds. The Labute approximate surface area is 179 Å². The summed E-state index contributed by atoms with van der Waals surface area (Å²) in [5, 5.41) is 6.23. The Morgan fingerprint density at radius 1 is 1.10 bits per heavy atom. The molecule has 5 nitrogen and oxygen atoms in total. The van der Waals surface area contributed by atoms with Crippen LogP contribution in [0, 0.1) is 0 Å². The van der Waals surface area contributed by atoms with Crippen LogP contribution in [0.3, 0.4) is 0 Å². The summed E-state index contributed by atoms with van der Waals surface area (Å²) in [6.45, 7) is 8.62. The van der Waals surface area contributed by atoms with Gasteiger partial charge in [-0.1, -0.05) is 36.4 Å². The van der Waals surface area contributed by atoms with Crippen molar-refractivity contribution in [2.75, 3.05) is 31.6 Å². The number of ether oxygens (including phenoxy) is 2. The van der Waals surface area contributed by atoms with Crippen LogP contribution in [0.2, 0.25) is 0 Å². The van der Waals surface area contributed by atoms with E-state index in [-0.39, 0.29) is 6.09 Å². The summed E-state index contributed by atoms with van der Waals surface area (Å²) in [4.78, 5) is 14.1. The highest BCUT2D eigenvalue weighted by atomic mass is 16.6. The van der Waals surface area contributed by atoms with Crippen LogP contribution in [-0.2, 0) is 9.47 Å². The van der Waals surface area contributed by atoms with E-state index in [0.717, 1.165) is 32.5 Å². The van der Waals surface area contributed by atoms with E-state index in [2.05, 4.69) is 47.8 Å². The van der Waals surface area contributed by atoms with Gasteiger partial charge in [-0.3, -0.25) is 0 Å². The summed E-state index contributed by atoms with van der Waals surface area (Å²) in [7, 11) is 0. The molecule has 0 atom stereocenters. The van der Waals surface area contributed by atoms with Crippen LogP contribution >= 0.6 is 0 Å². The van der Waals surface area contributed by atoms with Crippen molar-refractivity contribution in [2.45, 2.75) is 51.7 Å². The molecule has 5 heteroatoms. The number of carbonyl (C=O) groups excluding carboxylic acids is 1. The number of rotatable bonds is 3. The largest absolute Gasteiger partial charge is 0.444 e. The molecule has 0 aromatic heterocycles. The second-order valence-corrected chi connectivity index (χ2v) is 9.14. The molecule has 2 aliphatic heterocycles. The van der Waals surface area contributed by atoms with E-state index in [1.165, 1.54) is 27.6 Å². The highest BCUT2D eigenvalue weighted by Gasteiger charge is 2.24. The maximum Gasteiger partial charge on any atom is 0.410 e. The highest BCUT2D eigenvalue weighted by molar-refractivity contribution is 6.01. The van der Waals surface area contributed by atoms with Crippen LogP contribution in [-0.4, -0.2) is 48.9 Å². The Kier molecular flexibility index (Phi) is 6.00. The fourth-order valence-corrected chi connectivity index (χ4v) is 4.17. The van der Waals surface area contributed by atoms with Gasteiger partial charge in [0.1, 0.15) is 5.60 Å². The molecule has 0 bridgehead atoms. The number of benzene rings is 2. The third-order valence-electron chi connectivity index (χ3n) is 5.71. The Morgan fingerprint density at radius 2 is 1.83 bits per heavy atom.